The number of ether oxygens (including phenoxy) is 1. The van der Waals surface area contributed by atoms with E-state index in [1.54, 1.807) is 30.3 Å². The van der Waals surface area contributed by atoms with Crippen molar-refractivity contribution in [2.24, 2.45) is 0 Å². The van der Waals surface area contributed by atoms with Crippen molar-refractivity contribution in [2.45, 2.75) is 103 Å². The lowest BCUT2D eigenvalue weighted by Crippen LogP contribution is -2.46. The smallest absolute Gasteiger partial charge is 0.452 e. The summed E-state index contributed by atoms with van der Waals surface area (Å²) in [6.07, 6.45) is 17.7. The number of rotatable bonds is 20. The molecule has 0 aliphatic carbocycles. The first kappa shape index (κ1) is 32.2. The summed E-state index contributed by atoms with van der Waals surface area (Å²) in [6, 6.07) is 7.88. The van der Waals surface area contributed by atoms with Crippen molar-refractivity contribution >= 4 is 19.7 Å². The molecule has 214 valence electrons. The Bertz CT molecular complexity index is 867. The first-order valence-electron chi connectivity index (χ1n) is 14.2. The van der Waals surface area contributed by atoms with E-state index in [0.717, 1.165) is 19.3 Å². The third kappa shape index (κ3) is 13.7. The fourth-order valence-electron chi connectivity index (χ4n) is 4.24. The van der Waals surface area contributed by atoms with Gasteiger partial charge in [0.2, 0.25) is 5.91 Å². The van der Waals surface area contributed by atoms with E-state index in [0.29, 0.717) is 5.56 Å². The number of phosphoric ester groups is 1. The highest BCUT2D eigenvalue weighted by atomic mass is 31.2. The van der Waals surface area contributed by atoms with Crippen LogP contribution in [0.4, 0.5) is 0 Å². The molecule has 0 radical (unpaired) electrons. The van der Waals surface area contributed by atoms with Gasteiger partial charge in [0, 0.05) is 6.92 Å². The Balaban J connectivity index is 1.87. The predicted octanol–water partition coefficient (Wildman–Crippen LogP) is 7.15. The maximum Gasteiger partial charge on any atom is 0.475 e. The molecule has 0 saturated carbocycles. The lowest BCUT2D eigenvalue weighted by Gasteiger charge is -2.26. The van der Waals surface area contributed by atoms with E-state index in [-0.39, 0.29) is 25.7 Å². The van der Waals surface area contributed by atoms with Gasteiger partial charge >= 0.3 is 13.8 Å². The zero-order valence-electron chi connectivity index (χ0n) is 23.1. The number of carbonyl (C=O) groups excluding carboxylic acids is 2. The Hall–Kier alpha value is -1.99. The maximum absolute atomic E-state index is 12.8. The van der Waals surface area contributed by atoms with Gasteiger partial charge in [-0.1, -0.05) is 95.4 Å². The first-order chi connectivity index (χ1) is 18.4. The summed E-state index contributed by atoms with van der Waals surface area (Å²) in [6.45, 7) is 3.75. The quantitative estimate of drug-likeness (QED) is 0.0795. The number of amides is 1. The average molecular weight is 552 g/mol. The average Bonchev–Trinajstić information content (AvgIpc) is 3.35. The molecule has 0 aromatic heterocycles. The van der Waals surface area contributed by atoms with Gasteiger partial charge < -0.3 is 10.1 Å². The van der Waals surface area contributed by atoms with Crippen LogP contribution in [-0.2, 0) is 27.7 Å². The minimum absolute atomic E-state index is 0.174. The van der Waals surface area contributed by atoms with Crippen LogP contribution < -0.4 is 5.32 Å². The summed E-state index contributed by atoms with van der Waals surface area (Å²) in [5.41, 5.74) is 0.397. The molecule has 1 fully saturated rings. The molecule has 1 amide bonds. The molecule has 1 N–H and O–H groups in total. The highest BCUT2D eigenvalue weighted by Crippen LogP contribution is 2.52. The van der Waals surface area contributed by atoms with E-state index in [9.17, 15) is 14.2 Å². The minimum atomic E-state index is -3.68. The number of carbonyl (C=O) groups is 2. The van der Waals surface area contributed by atoms with Gasteiger partial charge in [-0.2, -0.15) is 0 Å². The van der Waals surface area contributed by atoms with Crippen molar-refractivity contribution in [1.29, 1.82) is 0 Å². The van der Waals surface area contributed by atoms with Gasteiger partial charge in [-0.05, 0) is 31.1 Å². The monoisotopic (exact) mass is 551 g/mol. The number of phosphoric acid groups is 1. The predicted molar refractivity (Wildman–Crippen MR) is 149 cm³/mol. The number of hydrogen-bond acceptors (Lipinski definition) is 7. The number of unbranched alkanes of at least 4 members (excludes halogenated alkanes) is 11. The van der Waals surface area contributed by atoms with Crippen LogP contribution in [-0.4, -0.2) is 43.8 Å². The summed E-state index contributed by atoms with van der Waals surface area (Å²) in [5.74, 6) is -0.852. The zero-order valence-corrected chi connectivity index (χ0v) is 24.0. The Morgan fingerprint density at radius 1 is 0.947 bits per heavy atom. The second-order valence-electron chi connectivity index (χ2n) is 9.70. The largest absolute Gasteiger partial charge is 0.475 e. The lowest BCUT2D eigenvalue weighted by molar-refractivity contribution is -0.120. The van der Waals surface area contributed by atoms with Gasteiger partial charge in [-0.15, -0.1) is 0 Å². The first-order valence-corrected chi connectivity index (χ1v) is 15.6. The highest BCUT2D eigenvalue weighted by Gasteiger charge is 2.35. The Morgan fingerprint density at radius 2 is 1.53 bits per heavy atom. The van der Waals surface area contributed by atoms with Crippen LogP contribution in [0.3, 0.4) is 0 Å². The van der Waals surface area contributed by atoms with Crippen LogP contribution in [0, 0.1) is 0 Å². The third-order valence-electron chi connectivity index (χ3n) is 6.33. The van der Waals surface area contributed by atoms with Gasteiger partial charge in [-0.3, -0.25) is 18.4 Å². The van der Waals surface area contributed by atoms with E-state index in [1.807, 2.05) is 12.1 Å². The van der Waals surface area contributed by atoms with Crippen molar-refractivity contribution in [2.75, 3.05) is 19.8 Å². The normalized spacial score (nSPS) is 16.4. The molecule has 2 rings (SSSR count). The number of esters is 1. The molecular weight excluding hydrogens is 505 g/mol. The van der Waals surface area contributed by atoms with Crippen molar-refractivity contribution in [3.05, 3.63) is 48.0 Å². The van der Waals surface area contributed by atoms with Crippen LogP contribution in [0.2, 0.25) is 0 Å². The summed E-state index contributed by atoms with van der Waals surface area (Å²) < 4.78 is 33.8. The number of hydrogen-bond donors (Lipinski definition) is 1. The van der Waals surface area contributed by atoms with E-state index in [4.69, 9.17) is 18.3 Å². The summed E-state index contributed by atoms with van der Waals surface area (Å²) in [4.78, 5) is 24.7. The van der Waals surface area contributed by atoms with Crippen LogP contribution in [0.5, 0.6) is 0 Å². The molecule has 1 aliphatic rings. The molecule has 38 heavy (non-hydrogen) atoms. The lowest BCUT2D eigenvalue weighted by atomic mass is 10.0. The summed E-state index contributed by atoms with van der Waals surface area (Å²) >= 11 is 0. The molecule has 0 unspecified atom stereocenters. The fourth-order valence-corrected chi connectivity index (χ4v) is 5.40. The molecule has 1 saturated heterocycles. The van der Waals surface area contributed by atoms with Crippen LogP contribution in [0.15, 0.2) is 42.5 Å². The highest BCUT2D eigenvalue weighted by molar-refractivity contribution is 7.48. The van der Waals surface area contributed by atoms with Gasteiger partial charge in [-0.25, -0.2) is 9.36 Å². The van der Waals surface area contributed by atoms with Crippen LogP contribution in [0.25, 0.3) is 0 Å². The molecular formula is C29H46NO7P. The van der Waals surface area contributed by atoms with Crippen molar-refractivity contribution in [3.8, 4) is 0 Å². The third-order valence-corrected chi connectivity index (χ3v) is 7.80. The Kier molecular flexibility index (Phi) is 16.2. The van der Waals surface area contributed by atoms with Crippen molar-refractivity contribution in [3.63, 3.8) is 0 Å². The number of allylic oxidation sites excluding steroid dienone is 1. The van der Waals surface area contributed by atoms with Gasteiger partial charge in [0.15, 0.2) is 0 Å². The van der Waals surface area contributed by atoms with E-state index in [2.05, 4.69) is 12.2 Å². The van der Waals surface area contributed by atoms with E-state index in [1.165, 1.54) is 64.7 Å². The molecule has 0 spiro atoms. The molecule has 1 aromatic rings. The van der Waals surface area contributed by atoms with E-state index < -0.39 is 25.9 Å². The molecule has 8 nitrogen and oxygen atoms in total. The standard InChI is InChI=1S/C29H46NO7P/c1-3-4-5-6-7-8-9-10-11-12-13-14-18-21-28(37-29(32)26-19-16-15-17-20-26)27(30-25(2)31)24-36-38(33)34-22-23-35-38/h15-21,27-28H,3-14,22-24H2,1-2H3,(H,30,31)/b21-18+/t27-,28+/m0/s1. The molecule has 1 aliphatic heterocycles. The van der Waals surface area contributed by atoms with Crippen LogP contribution in [0.1, 0.15) is 101 Å². The van der Waals surface area contributed by atoms with Gasteiger partial charge in [0.25, 0.3) is 0 Å². The van der Waals surface area contributed by atoms with Crippen molar-refractivity contribution < 1.29 is 32.5 Å². The summed E-state index contributed by atoms with van der Waals surface area (Å²) in [7, 11) is -3.68. The molecule has 9 heteroatoms. The number of nitrogens with one attached hydrogen (secondary N) is 1. The SMILES string of the molecule is CCCCCCCCCCCCC/C=C/[C@@H](OC(=O)c1ccccc1)[C@H](COP1(=O)OCCO1)NC(C)=O. The summed E-state index contributed by atoms with van der Waals surface area (Å²) in [5, 5.41) is 2.75. The molecule has 1 heterocycles. The van der Waals surface area contributed by atoms with Crippen LogP contribution >= 0.6 is 7.82 Å². The molecule has 1 aromatic carbocycles. The fraction of sp³-hybridized carbons (Fsp3) is 0.655. The number of benzene rings is 1. The molecule has 0 bridgehead atoms. The Morgan fingerprint density at radius 3 is 2.11 bits per heavy atom. The molecule has 2 atom stereocenters. The zero-order chi connectivity index (χ0) is 27.5. The van der Waals surface area contributed by atoms with E-state index >= 15 is 0 Å². The van der Waals surface area contributed by atoms with Gasteiger partial charge in [0.05, 0.1) is 31.4 Å². The maximum atomic E-state index is 12.8. The minimum Gasteiger partial charge on any atom is -0.452 e. The van der Waals surface area contributed by atoms with Crippen molar-refractivity contribution in [1.82, 2.24) is 5.32 Å². The topological polar surface area (TPSA) is 100 Å². The van der Waals surface area contributed by atoms with Gasteiger partial charge in [0.1, 0.15) is 6.10 Å². The Labute approximate surface area is 228 Å². The second-order valence-corrected chi connectivity index (χ2v) is 11.4. The second kappa shape index (κ2) is 19.1.